The quantitative estimate of drug-likeness (QED) is 0.653. The highest BCUT2D eigenvalue weighted by molar-refractivity contribution is 5.76. The van der Waals surface area contributed by atoms with Gasteiger partial charge in [-0.3, -0.25) is 4.79 Å². The molecule has 0 saturated heterocycles. The van der Waals surface area contributed by atoms with E-state index in [-0.39, 0.29) is 17.5 Å². The molecule has 0 saturated carbocycles. The molecule has 2 nitrogen and oxygen atoms in total. The summed E-state index contributed by atoms with van der Waals surface area (Å²) in [6, 6.07) is 0. The van der Waals surface area contributed by atoms with Crippen LogP contribution in [0.25, 0.3) is 0 Å². The van der Waals surface area contributed by atoms with Crippen LogP contribution in [-0.4, -0.2) is 12.1 Å². The standard InChI is InChI=1S/C13H26O2/c1-9(2)8-13(6,7)12(14)15-11(5)10(3)4/h9-11H,8H2,1-7H3. The summed E-state index contributed by atoms with van der Waals surface area (Å²) in [7, 11) is 0. The van der Waals surface area contributed by atoms with E-state index in [2.05, 4.69) is 27.7 Å². The van der Waals surface area contributed by atoms with Gasteiger partial charge >= 0.3 is 5.97 Å². The van der Waals surface area contributed by atoms with Crippen molar-refractivity contribution < 1.29 is 9.53 Å². The van der Waals surface area contributed by atoms with Crippen LogP contribution in [0.1, 0.15) is 54.9 Å². The van der Waals surface area contributed by atoms with Gasteiger partial charge in [-0.2, -0.15) is 0 Å². The van der Waals surface area contributed by atoms with E-state index in [0.717, 1.165) is 6.42 Å². The lowest BCUT2D eigenvalue weighted by Crippen LogP contribution is -2.32. The highest BCUT2D eigenvalue weighted by Crippen LogP contribution is 2.27. The van der Waals surface area contributed by atoms with Gasteiger partial charge in [0.2, 0.25) is 0 Å². The first-order valence-electron chi connectivity index (χ1n) is 5.88. The van der Waals surface area contributed by atoms with Crippen molar-refractivity contribution in [2.75, 3.05) is 0 Å². The van der Waals surface area contributed by atoms with Gasteiger partial charge < -0.3 is 4.74 Å². The van der Waals surface area contributed by atoms with Crippen molar-refractivity contribution in [1.29, 1.82) is 0 Å². The monoisotopic (exact) mass is 214 g/mol. The molecule has 0 rings (SSSR count). The summed E-state index contributed by atoms with van der Waals surface area (Å²) < 4.78 is 5.44. The van der Waals surface area contributed by atoms with Crippen molar-refractivity contribution >= 4 is 5.97 Å². The number of carbonyl (C=O) groups is 1. The van der Waals surface area contributed by atoms with Crippen molar-refractivity contribution in [1.82, 2.24) is 0 Å². The molecule has 0 fully saturated rings. The molecule has 0 aromatic carbocycles. The maximum Gasteiger partial charge on any atom is 0.311 e. The number of rotatable bonds is 5. The normalized spacial score (nSPS) is 14.5. The minimum atomic E-state index is -0.364. The summed E-state index contributed by atoms with van der Waals surface area (Å²) in [4.78, 5) is 11.9. The minimum absolute atomic E-state index is 0.00365. The SMILES string of the molecule is CC(C)CC(C)(C)C(=O)OC(C)C(C)C. The van der Waals surface area contributed by atoms with Crippen LogP contribution >= 0.6 is 0 Å². The van der Waals surface area contributed by atoms with E-state index in [1.165, 1.54) is 0 Å². The third-order valence-electron chi connectivity index (χ3n) is 2.70. The molecule has 0 aliphatic carbocycles. The summed E-state index contributed by atoms with van der Waals surface area (Å²) in [6.07, 6.45) is 0.875. The van der Waals surface area contributed by atoms with Crippen LogP contribution < -0.4 is 0 Å². The van der Waals surface area contributed by atoms with Gasteiger partial charge in [0.1, 0.15) is 6.10 Å². The average Bonchev–Trinajstić information content (AvgIpc) is 2.01. The fraction of sp³-hybridized carbons (Fsp3) is 0.923. The highest BCUT2D eigenvalue weighted by atomic mass is 16.5. The Kier molecular flexibility index (Phi) is 5.33. The summed E-state index contributed by atoms with van der Waals surface area (Å²) in [5.41, 5.74) is -0.364. The van der Waals surface area contributed by atoms with Crippen molar-refractivity contribution in [2.45, 2.75) is 61.0 Å². The summed E-state index contributed by atoms with van der Waals surface area (Å²) in [5.74, 6) is 0.822. The maximum absolute atomic E-state index is 11.9. The van der Waals surface area contributed by atoms with E-state index in [1.807, 2.05) is 20.8 Å². The highest BCUT2D eigenvalue weighted by Gasteiger charge is 2.31. The van der Waals surface area contributed by atoms with Crippen LogP contribution in [0.15, 0.2) is 0 Å². The Hall–Kier alpha value is -0.530. The smallest absolute Gasteiger partial charge is 0.311 e. The van der Waals surface area contributed by atoms with Gasteiger partial charge in [-0.1, -0.05) is 27.7 Å². The second kappa shape index (κ2) is 5.53. The fourth-order valence-electron chi connectivity index (χ4n) is 1.57. The molecule has 90 valence electrons. The molecule has 1 atom stereocenters. The number of ether oxygens (including phenoxy) is 1. The van der Waals surface area contributed by atoms with Crippen molar-refractivity contribution in [3.05, 3.63) is 0 Å². The van der Waals surface area contributed by atoms with E-state index in [9.17, 15) is 4.79 Å². The average molecular weight is 214 g/mol. The Bertz CT molecular complexity index is 205. The molecule has 0 aromatic heterocycles. The molecule has 0 aromatic rings. The third-order valence-corrected chi connectivity index (χ3v) is 2.70. The molecule has 0 aliphatic rings. The second-order valence-corrected chi connectivity index (χ2v) is 5.84. The Balaban J connectivity index is 4.31. The van der Waals surface area contributed by atoms with Crippen LogP contribution in [0.4, 0.5) is 0 Å². The molecule has 15 heavy (non-hydrogen) atoms. The largest absolute Gasteiger partial charge is 0.462 e. The molecule has 2 heteroatoms. The number of carbonyl (C=O) groups excluding carboxylic acids is 1. The maximum atomic E-state index is 11.9. The van der Waals surface area contributed by atoms with Gasteiger partial charge in [0.05, 0.1) is 5.41 Å². The van der Waals surface area contributed by atoms with E-state index < -0.39 is 0 Å². The number of hydrogen-bond donors (Lipinski definition) is 0. The van der Waals surface area contributed by atoms with Crippen LogP contribution in [-0.2, 0) is 9.53 Å². The van der Waals surface area contributed by atoms with Gasteiger partial charge in [0.25, 0.3) is 0 Å². The predicted molar refractivity (Wildman–Crippen MR) is 63.6 cm³/mol. The van der Waals surface area contributed by atoms with E-state index in [0.29, 0.717) is 11.8 Å². The topological polar surface area (TPSA) is 26.3 Å². The Morgan fingerprint density at radius 1 is 1.13 bits per heavy atom. The molecule has 0 aliphatic heterocycles. The van der Waals surface area contributed by atoms with E-state index in [1.54, 1.807) is 0 Å². The first-order chi connectivity index (χ1) is 6.66. The van der Waals surface area contributed by atoms with Gasteiger partial charge in [0.15, 0.2) is 0 Å². The summed E-state index contributed by atoms with van der Waals surface area (Å²) >= 11 is 0. The van der Waals surface area contributed by atoms with Crippen LogP contribution in [0, 0.1) is 17.3 Å². The van der Waals surface area contributed by atoms with Crippen LogP contribution in [0.3, 0.4) is 0 Å². The zero-order valence-electron chi connectivity index (χ0n) is 11.3. The fourth-order valence-corrected chi connectivity index (χ4v) is 1.57. The van der Waals surface area contributed by atoms with Crippen LogP contribution in [0.2, 0.25) is 0 Å². The summed E-state index contributed by atoms with van der Waals surface area (Å²) in [6.45, 7) is 14.3. The second-order valence-electron chi connectivity index (χ2n) is 5.84. The Morgan fingerprint density at radius 3 is 1.93 bits per heavy atom. The predicted octanol–water partition coefficient (Wildman–Crippen LogP) is 3.65. The van der Waals surface area contributed by atoms with Crippen molar-refractivity contribution in [3.63, 3.8) is 0 Å². The third kappa shape index (κ3) is 5.19. The molecule has 0 amide bonds. The van der Waals surface area contributed by atoms with Crippen molar-refractivity contribution in [2.24, 2.45) is 17.3 Å². The van der Waals surface area contributed by atoms with Gasteiger partial charge in [-0.05, 0) is 39.0 Å². The molecular formula is C13H26O2. The minimum Gasteiger partial charge on any atom is -0.462 e. The number of hydrogen-bond acceptors (Lipinski definition) is 2. The zero-order valence-corrected chi connectivity index (χ0v) is 11.3. The zero-order chi connectivity index (χ0) is 12.2. The van der Waals surface area contributed by atoms with E-state index >= 15 is 0 Å². The van der Waals surface area contributed by atoms with Gasteiger partial charge in [0, 0.05) is 0 Å². The van der Waals surface area contributed by atoms with Gasteiger partial charge in [-0.25, -0.2) is 0 Å². The molecule has 0 bridgehead atoms. The summed E-state index contributed by atoms with van der Waals surface area (Å²) in [5, 5.41) is 0. The lowest BCUT2D eigenvalue weighted by Gasteiger charge is -2.27. The molecule has 0 heterocycles. The van der Waals surface area contributed by atoms with Crippen molar-refractivity contribution in [3.8, 4) is 0 Å². The molecule has 1 unspecified atom stereocenters. The Morgan fingerprint density at radius 2 is 1.60 bits per heavy atom. The lowest BCUT2D eigenvalue weighted by atomic mass is 9.84. The lowest BCUT2D eigenvalue weighted by molar-refractivity contribution is -0.161. The Labute approximate surface area is 94.4 Å². The molecule has 0 N–H and O–H groups in total. The van der Waals surface area contributed by atoms with E-state index in [4.69, 9.17) is 4.74 Å². The molecular weight excluding hydrogens is 188 g/mol. The first-order valence-corrected chi connectivity index (χ1v) is 5.88. The molecule has 0 radical (unpaired) electrons. The first kappa shape index (κ1) is 14.5. The molecule has 0 spiro atoms. The van der Waals surface area contributed by atoms with Gasteiger partial charge in [-0.15, -0.1) is 0 Å². The number of esters is 1. The van der Waals surface area contributed by atoms with Crippen LogP contribution in [0.5, 0.6) is 0 Å².